The summed E-state index contributed by atoms with van der Waals surface area (Å²) >= 11 is 17.7. The minimum atomic E-state index is 0.155. The van der Waals surface area contributed by atoms with E-state index in [2.05, 4.69) is 4.98 Å². The van der Waals surface area contributed by atoms with Crippen LogP contribution < -0.4 is 4.74 Å². The van der Waals surface area contributed by atoms with Crippen molar-refractivity contribution in [1.29, 1.82) is 0 Å². The number of benzene rings is 1. The third kappa shape index (κ3) is 4.00. The molecule has 0 fully saturated rings. The minimum Gasteiger partial charge on any atom is -0.437 e. The highest BCUT2D eigenvalue weighted by Crippen LogP contribution is 2.33. The van der Waals surface area contributed by atoms with Crippen molar-refractivity contribution in [1.82, 2.24) is 4.98 Å². The molecular weight excluding hydrogens is 321 g/mol. The number of ether oxygens (including phenoxy) is 2. The third-order valence-electron chi connectivity index (χ3n) is 2.59. The van der Waals surface area contributed by atoms with Gasteiger partial charge in [-0.1, -0.05) is 46.9 Å². The van der Waals surface area contributed by atoms with Crippen LogP contribution in [0.3, 0.4) is 0 Å². The van der Waals surface area contributed by atoms with Crippen molar-refractivity contribution in [3.63, 3.8) is 0 Å². The molecule has 0 amide bonds. The monoisotopic (exact) mass is 331 g/mol. The Hall–Kier alpha value is -1.00. The Bertz CT molecular complexity index is 588. The predicted octanol–water partition coefficient (Wildman–Crippen LogP) is 5.02. The molecule has 106 valence electrons. The Balaban J connectivity index is 2.12. The van der Waals surface area contributed by atoms with E-state index in [1.54, 1.807) is 7.11 Å². The van der Waals surface area contributed by atoms with Crippen LogP contribution in [0.2, 0.25) is 15.2 Å². The van der Waals surface area contributed by atoms with Gasteiger partial charge in [0.2, 0.25) is 5.88 Å². The number of methoxy groups -OCH3 is 1. The van der Waals surface area contributed by atoms with Crippen molar-refractivity contribution >= 4 is 34.8 Å². The first-order valence-corrected chi connectivity index (χ1v) is 7.01. The van der Waals surface area contributed by atoms with Gasteiger partial charge in [0, 0.05) is 7.11 Å². The first kappa shape index (κ1) is 15.4. The highest BCUT2D eigenvalue weighted by molar-refractivity contribution is 6.42. The number of aromatic nitrogens is 1. The zero-order chi connectivity index (χ0) is 14.5. The van der Waals surface area contributed by atoms with E-state index in [0.717, 1.165) is 12.0 Å². The molecule has 0 saturated carbocycles. The summed E-state index contributed by atoms with van der Waals surface area (Å²) in [7, 11) is 1.68. The van der Waals surface area contributed by atoms with Crippen LogP contribution in [0.25, 0.3) is 0 Å². The highest BCUT2D eigenvalue weighted by Gasteiger charge is 2.10. The van der Waals surface area contributed by atoms with Gasteiger partial charge in [-0.3, -0.25) is 0 Å². The summed E-state index contributed by atoms with van der Waals surface area (Å²) in [4.78, 5) is 4.00. The largest absolute Gasteiger partial charge is 0.437 e. The van der Waals surface area contributed by atoms with Crippen LogP contribution in [0.1, 0.15) is 5.56 Å². The normalized spacial score (nSPS) is 10.6. The van der Waals surface area contributed by atoms with Gasteiger partial charge in [0.05, 0.1) is 11.6 Å². The molecule has 0 aliphatic rings. The number of rotatable bonds is 5. The molecule has 1 heterocycles. The molecule has 2 aromatic rings. The van der Waals surface area contributed by atoms with Gasteiger partial charge < -0.3 is 9.47 Å². The maximum atomic E-state index is 6.00. The summed E-state index contributed by atoms with van der Waals surface area (Å²) in [6, 6.07) is 9.09. The molecule has 0 N–H and O–H groups in total. The Morgan fingerprint density at radius 3 is 2.40 bits per heavy atom. The van der Waals surface area contributed by atoms with Crippen LogP contribution in [0.5, 0.6) is 11.6 Å². The molecule has 0 radical (unpaired) electrons. The summed E-state index contributed by atoms with van der Waals surface area (Å²) in [6.45, 7) is 0.681. The van der Waals surface area contributed by atoms with E-state index in [1.165, 1.54) is 6.07 Å². The molecule has 1 aromatic heterocycles. The van der Waals surface area contributed by atoms with Crippen molar-refractivity contribution in [2.75, 3.05) is 13.7 Å². The maximum Gasteiger partial charge on any atom is 0.239 e. The van der Waals surface area contributed by atoms with Crippen molar-refractivity contribution < 1.29 is 9.47 Å². The minimum absolute atomic E-state index is 0.155. The van der Waals surface area contributed by atoms with Crippen LogP contribution in [-0.4, -0.2) is 18.7 Å². The van der Waals surface area contributed by atoms with Crippen molar-refractivity contribution in [2.24, 2.45) is 0 Å². The molecular formula is C14H12Cl3NO2. The quantitative estimate of drug-likeness (QED) is 0.720. The summed E-state index contributed by atoms with van der Waals surface area (Å²) in [5.41, 5.74) is 1.16. The van der Waals surface area contributed by atoms with Gasteiger partial charge in [-0.15, -0.1) is 0 Å². The van der Waals surface area contributed by atoms with E-state index in [4.69, 9.17) is 44.3 Å². The molecule has 0 spiro atoms. The van der Waals surface area contributed by atoms with Gasteiger partial charge in [0.1, 0.15) is 10.8 Å². The van der Waals surface area contributed by atoms with Crippen LogP contribution in [0.15, 0.2) is 30.3 Å². The molecule has 3 nitrogen and oxygen atoms in total. The molecule has 0 aliphatic heterocycles. The van der Waals surface area contributed by atoms with Gasteiger partial charge >= 0.3 is 0 Å². The Labute approximate surface area is 132 Å². The zero-order valence-corrected chi connectivity index (χ0v) is 13.0. The second kappa shape index (κ2) is 7.14. The average Bonchev–Trinajstić information content (AvgIpc) is 2.44. The standard InChI is InChI=1S/C14H12Cl3NO2/c1-19-7-6-9-2-4-10(5-3-9)20-14-12(16)8-11(15)13(17)18-14/h2-5,8H,6-7H2,1H3. The van der Waals surface area contributed by atoms with Crippen molar-refractivity contribution in [3.8, 4) is 11.6 Å². The second-order valence-corrected chi connectivity index (χ2v) is 5.21. The number of halogens is 3. The van der Waals surface area contributed by atoms with Crippen molar-refractivity contribution in [3.05, 3.63) is 51.1 Å². The van der Waals surface area contributed by atoms with E-state index in [1.807, 2.05) is 24.3 Å². The smallest absolute Gasteiger partial charge is 0.239 e. The van der Waals surface area contributed by atoms with Gasteiger partial charge in [-0.05, 0) is 30.2 Å². The molecule has 0 atom stereocenters. The molecule has 2 rings (SSSR count). The average molecular weight is 333 g/mol. The molecule has 0 bridgehead atoms. The third-order valence-corrected chi connectivity index (χ3v) is 3.53. The zero-order valence-electron chi connectivity index (χ0n) is 10.7. The van der Waals surface area contributed by atoms with Crippen LogP contribution in [0, 0.1) is 0 Å². The number of hydrogen-bond donors (Lipinski definition) is 0. The Morgan fingerprint density at radius 2 is 1.75 bits per heavy atom. The molecule has 0 saturated heterocycles. The fourth-order valence-corrected chi connectivity index (χ4v) is 2.08. The first-order chi connectivity index (χ1) is 9.60. The topological polar surface area (TPSA) is 31.4 Å². The Morgan fingerprint density at radius 1 is 1.05 bits per heavy atom. The predicted molar refractivity (Wildman–Crippen MR) is 81.4 cm³/mol. The molecule has 1 aromatic carbocycles. The second-order valence-electron chi connectivity index (χ2n) is 4.04. The fraction of sp³-hybridized carbons (Fsp3) is 0.214. The molecule has 20 heavy (non-hydrogen) atoms. The van der Waals surface area contributed by atoms with Crippen LogP contribution in [0.4, 0.5) is 0 Å². The molecule has 0 unspecified atom stereocenters. The van der Waals surface area contributed by atoms with Crippen LogP contribution >= 0.6 is 34.8 Å². The summed E-state index contributed by atoms with van der Waals surface area (Å²) in [5.74, 6) is 0.852. The van der Waals surface area contributed by atoms with E-state index in [0.29, 0.717) is 22.4 Å². The van der Waals surface area contributed by atoms with Crippen molar-refractivity contribution in [2.45, 2.75) is 6.42 Å². The number of hydrogen-bond acceptors (Lipinski definition) is 3. The van der Waals surface area contributed by atoms with E-state index < -0.39 is 0 Å². The summed E-state index contributed by atoms with van der Waals surface area (Å²) in [5, 5.41) is 0.754. The van der Waals surface area contributed by atoms with E-state index >= 15 is 0 Å². The lowest BCUT2D eigenvalue weighted by atomic mass is 10.1. The molecule has 0 aliphatic carbocycles. The summed E-state index contributed by atoms with van der Waals surface area (Å²) in [6.07, 6.45) is 0.850. The SMILES string of the molecule is COCCc1ccc(Oc2nc(Cl)c(Cl)cc2Cl)cc1. The molecule has 6 heteroatoms. The van der Waals surface area contributed by atoms with Gasteiger partial charge in [0.25, 0.3) is 0 Å². The van der Waals surface area contributed by atoms with Crippen LogP contribution in [-0.2, 0) is 11.2 Å². The lowest BCUT2D eigenvalue weighted by Gasteiger charge is -2.08. The van der Waals surface area contributed by atoms with Gasteiger partial charge in [-0.25, -0.2) is 0 Å². The first-order valence-electron chi connectivity index (χ1n) is 5.87. The van der Waals surface area contributed by atoms with Gasteiger partial charge in [-0.2, -0.15) is 4.98 Å². The Kier molecular flexibility index (Phi) is 5.49. The lowest BCUT2D eigenvalue weighted by molar-refractivity contribution is 0.202. The number of pyridine rings is 1. The van der Waals surface area contributed by atoms with E-state index in [9.17, 15) is 0 Å². The van der Waals surface area contributed by atoms with Gasteiger partial charge in [0.15, 0.2) is 5.15 Å². The fourth-order valence-electron chi connectivity index (χ4n) is 1.56. The van der Waals surface area contributed by atoms with E-state index in [-0.39, 0.29) is 11.0 Å². The number of nitrogens with zero attached hydrogens (tertiary/aromatic N) is 1. The summed E-state index contributed by atoms with van der Waals surface area (Å²) < 4.78 is 10.6. The highest BCUT2D eigenvalue weighted by atomic mass is 35.5. The lowest BCUT2D eigenvalue weighted by Crippen LogP contribution is -1.94. The maximum absolute atomic E-state index is 6.00.